The van der Waals surface area contributed by atoms with Gasteiger partial charge in [-0.05, 0) is 79.3 Å². The van der Waals surface area contributed by atoms with E-state index >= 15 is 0 Å². The molecule has 0 N–H and O–H groups in total. The van der Waals surface area contributed by atoms with Crippen LogP contribution in [0.25, 0.3) is 0 Å². The van der Waals surface area contributed by atoms with Crippen molar-refractivity contribution in [3.05, 3.63) is 106 Å². The van der Waals surface area contributed by atoms with Gasteiger partial charge in [-0.25, -0.2) is 4.39 Å². The zero-order chi connectivity index (χ0) is 26.8. The molecule has 38 heavy (non-hydrogen) atoms. The van der Waals surface area contributed by atoms with Crippen LogP contribution in [-0.2, 0) is 12.8 Å². The third-order valence-electron chi connectivity index (χ3n) is 6.96. The molecule has 3 rings (SSSR count). The Labute approximate surface area is 231 Å². The highest BCUT2D eigenvalue weighted by Gasteiger charge is 2.01. The molecule has 1 heteroatoms. The van der Waals surface area contributed by atoms with Crippen LogP contribution in [0.15, 0.2) is 66.7 Å². The molecule has 0 heterocycles. The summed E-state index contributed by atoms with van der Waals surface area (Å²) in [6.45, 7) is 4.49. The average molecular weight is 507 g/mol. The molecule has 0 amide bonds. The quantitative estimate of drug-likeness (QED) is 0.160. The van der Waals surface area contributed by atoms with E-state index in [9.17, 15) is 4.39 Å². The second kappa shape index (κ2) is 17.3. The second-order valence-electron chi connectivity index (χ2n) is 10.3. The van der Waals surface area contributed by atoms with E-state index in [4.69, 9.17) is 0 Å². The Morgan fingerprint density at radius 1 is 0.474 bits per heavy atom. The molecule has 0 saturated carbocycles. The lowest BCUT2D eigenvalue weighted by atomic mass is 10.0. The molecule has 3 aromatic rings. The molecule has 198 valence electrons. The van der Waals surface area contributed by atoms with Crippen LogP contribution in [0.5, 0.6) is 0 Å². The minimum Gasteiger partial charge on any atom is -0.206 e. The Morgan fingerprint density at radius 3 is 1.39 bits per heavy atom. The highest BCUT2D eigenvalue weighted by molar-refractivity contribution is 5.49. The Balaban J connectivity index is 1.50. The van der Waals surface area contributed by atoms with Crippen LogP contribution in [0.3, 0.4) is 0 Å². The Kier molecular flexibility index (Phi) is 13.3. The summed E-state index contributed by atoms with van der Waals surface area (Å²) in [4.78, 5) is 0. The molecular formula is C37H43F. The maximum Gasteiger partial charge on any atom is 0.140 e. The van der Waals surface area contributed by atoms with E-state index in [0.29, 0.717) is 11.1 Å². The standard InChI is InChI=1S/C37H43F/c1-3-5-7-9-11-13-15-32-18-22-34(23-19-32)26-28-36-29-27-35(30-37(36)38)25-24-33-20-16-31(17-21-33)14-12-10-8-6-4-2/h16-23,27,29-30H,3-15H2,1-2H3. The predicted molar refractivity (Wildman–Crippen MR) is 161 cm³/mol. The van der Waals surface area contributed by atoms with E-state index in [-0.39, 0.29) is 5.82 Å². The third-order valence-corrected chi connectivity index (χ3v) is 6.96. The van der Waals surface area contributed by atoms with E-state index in [2.05, 4.69) is 73.9 Å². The first-order chi connectivity index (χ1) is 18.7. The van der Waals surface area contributed by atoms with E-state index < -0.39 is 0 Å². The fourth-order valence-corrected chi connectivity index (χ4v) is 4.53. The van der Waals surface area contributed by atoms with Crippen LogP contribution >= 0.6 is 0 Å². The molecule has 0 spiro atoms. The molecule has 3 aromatic carbocycles. The monoisotopic (exact) mass is 506 g/mol. The fraction of sp³-hybridized carbons (Fsp3) is 0.405. The summed E-state index contributed by atoms with van der Waals surface area (Å²) in [5.74, 6) is 12.0. The zero-order valence-corrected chi connectivity index (χ0v) is 23.4. The van der Waals surface area contributed by atoms with E-state index in [1.807, 2.05) is 18.2 Å². The summed E-state index contributed by atoms with van der Waals surface area (Å²) in [7, 11) is 0. The van der Waals surface area contributed by atoms with Crippen molar-refractivity contribution >= 4 is 0 Å². The second-order valence-corrected chi connectivity index (χ2v) is 10.3. The SMILES string of the molecule is CCCCCCCCc1ccc(C#Cc2ccc(C#Cc3ccc(CCCCCCC)cc3)cc2F)cc1. The molecule has 0 atom stereocenters. The van der Waals surface area contributed by atoms with Crippen molar-refractivity contribution in [1.29, 1.82) is 0 Å². The molecule has 0 aliphatic heterocycles. The van der Waals surface area contributed by atoms with Gasteiger partial charge in [0.25, 0.3) is 0 Å². The summed E-state index contributed by atoms with van der Waals surface area (Å²) in [6, 6.07) is 21.8. The number of aryl methyl sites for hydroxylation is 2. The van der Waals surface area contributed by atoms with Crippen molar-refractivity contribution in [2.24, 2.45) is 0 Å². The predicted octanol–water partition coefficient (Wildman–Crippen LogP) is 10.0. The summed E-state index contributed by atoms with van der Waals surface area (Å²) >= 11 is 0. The number of hydrogen-bond acceptors (Lipinski definition) is 0. The van der Waals surface area contributed by atoms with Gasteiger partial charge in [0.1, 0.15) is 5.82 Å². The first-order valence-corrected chi connectivity index (χ1v) is 14.7. The summed E-state index contributed by atoms with van der Waals surface area (Å²) in [5.41, 5.74) is 5.61. The molecule has 0 bridgehead atoms. The van der Waals surface area contributed by atoms with Crippen molar-refractivity contribution in [3.8, 4) is 23.7 Å². The van der Waals surface area contributed by atoms with Gasteiger partial charge in [0.15, 0.2) is 0 Å². The largest absolute Gasteiger partial charge is 0.206 e. The Morgan fingerprint density at radius 2 is 0.895 bits per heavy atom. The molecule has 0 saturated heterocycles. The van der Waals surface area contributed by atoms with Crippen LogP contribution < -0.4 is 0 Å². The lowest BCUT2D eigenvalue weighted by Crippen LogP contribution is -1.88. The smallest absolute Gasteiger partial charge is 0.140 e. The van der Waals surface area contributed by atoms with Crippen LogP contribution in [0.2, 0.25) is 0 Å². The Hall–Kier alpha value is -3.29. The van der Waals surface area contributed by atoms with Crippen molar-refractivity contribution in [2.45, 2.75) is 97.3 Å². The molecule has 0 aliphatic rings. The zero-order valence-electron chi connectivity index (χ0n) is 23.4. The number of unbranched alkanes of at least 4 members (excludes halogenated alkanes) is 9. The van der Waals surface area contributed by atoms with Gasteiger partial charge < -0.3 is 0 Å². The van der Waals surface area contributed by atoms with Gasteiger partial charge in [0, 0.05) is 16.7 Å². The van der Waals surface area contributed by atoms with Gasteiger partial charge in [0.2, 0.25) is 0 Å². The normalized spacial score (nSPS) is 10.4. The lowest BCUT2D eigenvalue weighted by Gasteiger charge is -2.02. The molecule has 0 aliphatic carbocycles. The first-order valence-electron chi connectivity index (χ1n) is 14.7. The van der Waals surface area contributed by atoms with Gasteiger partial charge >= 0.3 is 0 Å². The van der Waals surface area contributed by atoms with Gasteiger partial charge in [-0.3, -0.25) is 0 Å². The third kappa shape index (κ3) is 11.0. The van der Waals surface area contributed by atoms with E-state index in [1.165, 1.54) is 87.8 Å². The van der Waals surface area contributed by atoms with Crippen LogP contribution in [0.1, 0.15) is 118 Å². The Bertz CT molecular complexity index is 1210. The van der Waals surface area contributed by atoms with Crippen LogP contribution in [0, 0.1) is 29.5 Å². The molecule has 0 aromatic heterocycles. The highest BCUT2D eigenvalue weighted by atomic mass is 19.1. The van der Waals surface area contributed by atoms with Crippen LogP contribution in [-0.4, -0.2) is 0 Å². The van der Waals surface area contributed by atoms with Crippen LogP contribution in [0.4, 0.5) is 4.39 Å². The molecule has 0 fully saturated rings. The molecule has 0 radical (unpaired) electrons. The summed E-state index contributed by atoms with van der Waals surface area (Å²) < 4.78 is 14.7. The van der Waals surface area contributed by atoms with Gasteiger partial charge in [-0.15, -0.1) is 0 Å². The summed E-state index contributed by atoms with van der Waals surface area (Å²) in [6.07, 6.45) is 16.6. The molecular weight excluding hydrogens is 463 g/mol. The minimum absolute atomic E-state index is 0.331. The van der Waals surface area contributed by atoms with Crippen molar-refractivity contribution in [2.75, 3.05) is 0 Å². The fourth-order valence-electron chi connectivity index (χ4n) is 4.53. The van der Waals surface area contributed by atoms with Crippen molar-refractivity contribution < 1.29 is 4.39 Å². The average Bonchev–Trinajstić information content (AvgIpc) is 2.94. The van der Waals surface area contributed by atoms with Crippen molar-refractivity contribution in [3.63, 3.8) is 0 Å². The minimum atomic E-state index is -0.331. The maximum absolute atomic E-state index is 14.7. The topological polar surface area (TPSA) is 0 Å². The van der Waals surface area contributed by atoms with Gasteiger partial charge in [-0.2, -0.15) is 0 Å². The van der Waals surface area contributed by atoms with E-state index in [0.717, 1.165) is 24.0 Å². The van der Waals surface area contributed by atoms with E-state index in [1.54, 1.807) is 6.07 Å². The van der Waals surface area contributed by atoms with Gasteiger partial charge in [0.05, 0.1) is 5.56 Å². The lowest BCUT2D eigenvalue weighted by molar-refractivity contribution is 0.607. The number of rotatable bonds is 13. The van der Waals surface area contributed by atoms with Crippen molar-refractivity contribution in [1.82, 2.24) is 0 Å². The first kappa shape index (κ1) is 29.3. The molecule has 0 nitrogen and oxygen atoms in total. The van der Waals surface area contributed by atoms with Gasteiger partial charge in [-0.1, -0.05) is 120 Å². The summed E-state index contributed by atoms with van der Waals surface area (Å²) in [5, 5.41) is 0. The number of hydrogen-bond donors (Lipinski definition) is 0. The maximum atomic E-state index is 14.7. The number of halogens is 1. The number of benzene rings is 3. The highest BCUT2D eigenvalue weighted by Crippen LogP contribution is 2.13. The molecule has 0 unspecified atom stereocenters.